The maximum Gasteiger partial charge on any atom is 0.220 e. The van der Waals surface area contributed by atoms with E-state index in [2.05, 4.69) is 40.2 Å². The summed E-state index contributed by atoms with van der Waals surface area (Å²) in [5, 5.41) is 3.62. The van der Waals surface area contributed by atoms with Crippen LogP contribution in [0.2, 0.25) is 0 Å². The summed E-state index contributed by atoms with van der Waals surface area (Å²) in [5.74, 6) is 0.140. The Morgan fingerprint density at radius 1 is 1.38 bits per heavy atom. The fourth-order valence-corrected chi connectivity index (χ4v) is 1.32. The van der Waals surface area contributed by atoms with Crippen molar-refractivity contribution in [1.82, 2.24) is 10.2 Å². The summed E-state index contributed by atoms with van der Waals surface area (Å²) in [4.78, 5) is 13.1. The Morgan fingerprint density at radius 3 is 2.62 bits per heavy atom. The Balaban J connectivity index is 3.11. The van der Waals surface area contributed by atoms with Crippen LogP contribution in [0.15, 0.2) is 0 Å². The molecule has 0 spiro atoms. The molecule has 0 heterocycles. The first-order valence-electron chi connectivity index (χ1n) is 4.64. The van der Waals surface area contributed by atoms with Gasteiger partial charge in [0.15, 0.2) is 0 Å². The van der Waals surface area contributed by atoms with Gasteiger partial charge < -0.3 is 10.2 Å². The highest BCUT2D eigenvalue weighted by Crippen LogP contribution is 1.90. The molecule has 0 radical (unpaired) electrons. The molecule has 0 rings (SSSR count). The van der Waals surface area contributed by atoms with Crippen LogP contribution in [-0.4, -0.2) is 43.3 Å². The smallest absolute Gasteiger partial charge is 0.220 e. The van der Waals surface area contributed by atoms with Crippen LogP contribution in [0.4, 0.5) is 0 Å². The van der Waals surface area contributed by atoms with E-state index in [0.717, 1.165) is 31.3 Å². The zero-order chi connectivity index (χ0) is 10.1. The number of carbonyl (C=O) groups is 1. The summed E-state index contributed by atoms with van der Waals surface area (Å²) in [7, 11) is 4.12. The van der Waals surface area contributed by atoms with Gasteiger partial charge in [0, 0.05) is 18.3 Å². The molecule has 0 aliphatic carbocycles. The number of alkyl halides is 1. The van der Waals surface area contributed by atoms with Crippen molar-refractivity contribution in [2.24, 2.45) is 0 Å². The van der Waals surface area contributed by atoms with Gasteiger partial charge in [-0.1, -0.05) is 15.9 Å². The number of unbranched alkanes of at least 4 members (excludes halogenated alkanes) is 1. The normalized spacial score (nSPS) is 10.5. The van der Waals surface area contributed by atoms with Gasteiger partial charge in [-0.2, -0.15) is 0 Å². The van der Waals surface area contributed by atoms with Crippen molar-refractivity contribution in [3.8, 4) is 0 Å². The third kappa shape index (κ3) is 9.83. The Hall–Kier alpha value is -0.0900. The van der Waals surface area contributed by atoms with E-state index in [0.29, 0.717) is 6.42 Å². The Kier molecular flexibility index (Phi) is 8.45. The second-order valence-corrected chi connectivity index (χ2v) is 4.09. The number of nitrogens with zero attached hydrogens (tertiary/aromatic N) is 1. The lowest BCUT2D eigenvalue weighted by atomic mass is 10.3. The summed E-state index contributed by atoms with van der Waals surface area (Å²) in [6.07, 6.45) is 2.78. The molecule has 1 amide bonds. The molecule has 0 saturated heterocycles. The molecule has 78 valence electrons. The van der Waals surface area contributed by atoms with Gasteiger partial charge in [0.1, 0.15) is 0 Å². The second kappa shape index (κ2) is 8.51. The van der Waals surface area contributed by atoms with Gasteiger partial charge in [-0.25, -0.2) is 0 Å². The second-order valence-electron chi connectivity index (χ2n) is 3.30. The van der Waals surface area contributed by atoms with Gasteiger partial charge in [0.05, 0.1) is 0 Å². The molecule has 0 atom stereocenters. The number of nitrogens with one attached hydrogen (secondary N) is 1. The van der Waals surface area contributed by atoms with Crippen LogP contribution in [0, 0.1) is 0 Å². The van der Waals surface area contributed by atoms with Gasteiger partial charge in [-0.05, 0) is 33.5 Å². The molecule has 0 aliphatic rings. The predicted octanol–water partition coefficient (Wildman–Crippen LogP) is 1.23. The fourth-order valence-electron chi connectivity index (χ4n) is 0.955. The van der Waals surface area contributed by atoms with Crippen molar-refractivity contribution in [2.45, 2.75) is 19.3 Å². The van der Waals surface area contributed by atoms with Crippen molar-refractivity contribution < 1.29 is 4.79 Å². The number of hydrogen-bond donors (Lipinski definition) is 1. The van der Waals surface area contributed by atoms with Gasteiger partial charge in [0.25, 0.3) is 0 Å². The summed E-state index contributed by atoms with van der Waals surface area (Å²) in [6.45, 7) is 1.90. The van der Waals surface area contributed by atoms with E-state index in [4.69, 9.17) is 0 Å². The molecule has 0 aromatic rings. The van der Waals surface area contributed by atoms with Crippen molar-refractivity contribution in [3.63, 3.8) is 0 Å². The fraction of sp³-hybridized carbons (Fsp3) is 0.889. The highest BCUT2D eigenvalue weighted by Gasteiger charge is 1.97. The van der Waals surface area contributed by atoms with E-state index in [1.165, 1.54) is 0 Å². The minimum absolute atomic E-state index is 0.140. The van der Waals surface area contributed by atoms with Crippen LogP contribution in [0.5, 0.6) is 0 Å². The number of rotatable bonds is 7. The molecule has 0 bridgehead atoms. The van der Waals surface area contributed by atoms with Gasteiger partial charge in [0.2, 0.25) is 5.91 Å². The summed E-state index contributed by atoms with van der Waals surface area (Å²) in [5.41, 5.74) is 0. The largest absolute Gasteiger partial charge is 0.356 e. The maximum absolute atomic E-state index is 11.0. The highest BCUT2D eigenvalue weighted by molar-refractivity contribution is 9.09. The molecule has 0 unspecified atom stereocenters. The molecule has 0 fully saturated rings. The topological polar surface area (TPSA) is 32.3 Å². The van der Waals surface area contributed by atoms with Crippen molar-refractivity contribution in [1.29, 1.82) is 0 Å². The maximum atomic E-state index is 11.0. The summed E-state index contributed by atoms with van der Waals surface area (Å²) >= 11 is 3.22. The minimum Gasteiger partial charge on any atom is -0.356 e. The van der Waals surface area contributed by atoms with E-state index in [9.17, 15) is 4.79 Å². The third-order valence-electron chi connectivity index (χ3n) is 1.68. The standard InChI is InChI=1S/C9H19BrN2O/c1-12(2)8-4-3-7-11-9(13)5-6-10/h3-8H2,1-2H3,(H,11,13). The van der Waals surface area contributed by atoms with E-state index in [-0.39, 0.29) is 5.91 Å². The average molecular weight is 251 g/mol. The molecule has 4 heteroatoms. The Morgan fingerprint density at radius 2 is 2.08 bits per heavy atom. The van der Waals surface area contributed by atoms with Gasteiger partial charge in [-0.3, -0.25) is 4.79 Å². The lowest BCUT2D eigenvalue weighted by molar-refractivity contribution is -0.120. The number of carbonyl (C=O) groups excluding carboxylic acids is 1. The van der Waals surface area contributed by atoms with Crippen LogP contribution in [-0.2, 0) is 4.79 Å². The van der Waals surface area contributed by atoms with Gasteiger partial charge >= 0.3 is 0 Å². The molecular formula is C9H19BrN2O. The summed E-state index contributed by atoms with van der Waals surface area (Å²) in [6, 6.07) is 0. The van der Waals surface area contributed by atoms with Crippen LogP contribution in [0.3, 0.4) is 0 Å². The molecule has 0 aromatic carbocycles. The molecule has 0 aliphatic heterocycles. The highest BCUT2D eigenvalue weighted by atomic mass is 79.9. The number of hydrogen-bond acceptors (Lipinski definition) is 2. The van der Waals surface area contributed by atoms with E-state index < -0.39 is 0 Å². The van der Waals surface area contributed by atoms with E-state index in [1.54, 1.807) is 0 Å². The number of amides is 1. The number of halogens is 1. The minimum atomic E-state index is 0.140. The molecule has 0 saturated carbocycles. The molecule has 1 N–H and O–H groups in total. The third-order valence-corrected chi connectivity index (χ3v) is 2.07. The van der Waals surface area contributed by atoms with Crippen molar-refractivity contribution in [2.75, 3.05) is 32.5 Å². The molecular weight excluding hydrogens is 232 g/mol. The molecule has 0 aromatic heterocycles. The van der Waals surface area contributed by atoms with Crippen LogP contribution < -0.4 is 5.32 Å². The first kappa shape index (κ1) is 12.9. The van der Waals surface area contributed by atoms with Crippen LogP contribution in [0.25, 0.3) is 0 Å². The van der Waals surface area contributed by atoms with Crippen LogP contribution in [0.1, 0.15) is 19.3 Å². The Labute approximate surface area is 89.0 Å². The van der Waals surface area contributed by atoms with Gasteiger partial charge in [-0.15, -0.1) is 0 Å². The summed E-state index contributed by atoms with van der Waals surface area (Å²) < 4.78 is 0. The predicted molar refractivity (Wildman–Crippen MR) is 59.2 cm³/mol. The monoisotopic (exact) mass is 250 g/mol. The molecule has 3 nitrogen and oxygen atoms in total. The van der Waals surface area contributed by atoms with E-state index >= 15 is 0 Å². The van der Waals surface area contributed by atoms with Crippen molar-refractivity contribution >= 4 is 21.8 Å². The lowest BCUT2D eigenvalue weighted by Gasteiger charge is -2.09. The zero-order valence-corrected chi connectivity index (χ0v) is 10.1. The molecule has 13 heavy (non-hydrogen) atoms. The van der Waals surface area contributed by atoms with Crippen molar-refractivity contribution in [3.05, 3.63) is 0 Å². The first-order valence-corrected chi connectivity index (χ1v) is 5.76. The van der Waals surface area contributed by atoms with Crippen LogP contribution >= 0.6 is 15.9 Å². The SMILES string of the molecule is CN(C)CCCCNC(=O)CCBr. The first-order chi connectivity index (χ1) is 6.16. The lowest BCUT2D eigenvalue weighted by Crippen LogP contribution is -2.25. The quantitative estimate of drug-likeness (QED) is 0.545. The average Bonchev–Trinajstić information content (AvgIpc) is 2.03. The Bertz CT molecular complexity index is 140. The zero-order valence-electron chi connectivity index (χ0n) is 8.48. The van der Waals surface area contributed by atoms with E-state index in [1.807, 2.05) is 0 Å².